The summed E-state index contributed by atoms with van der Waals surface area (Å²) in [6.07, 6.45) is 1.44. The Hall–Kier alpha value is -1.85. The van der Waals surface area contributed by atoms with Gasteiger partial charge in [0.25, 0.3) is 0 Å². The largest absolute Gasteiger partial charge is 0.475 e. The van der Waals surface area contributed by atoms with Crippen molar-refractivity contribution in [2.24, 2.45) is 7.05 Å². The second-order valence-electron chi connectivity index (χ2n) is 2.55. The number of hydrogen-bond acceptors (Lipinski definition) is 3. The van der Waals surface area contributed by atoms with Crippen molar-refractivity contribution in [2.75, 3.05) is 5.32 Å². The van der Waals surface area contributed by atoms with Gasteiger partial charge in [0.2, 0.25) is 11.7 Å². The predicted molar refractivity (Wildman–Crippen MR) is 44.5 cm³/mol. The van der Waals surface area contributed by atoms with E-state index in [4.69, 9.17) is 5.11 Å². The third kappa shape index (κ3) is 2.05. The minimum absolute atomic E-state index is 0.108. The first-order valence-corrected chi connectivity index (χ1v) is 3.55. The van der Waals surface area contributed by atoms with Crippen LogP contribution < -0.4 is 5.32 Å². The number of hydrogen-bond donors (Lipinski definition) is 2. The lowest BCUT2D eigenvalue weighted by molar-refractivity contribution is -0.114. The molecule has 6 nitrogen and oxygen atoms in total. The van der Waals surface area contributed by atoms with Crippen molar-refractivity contribution in [1.29, 1.82) is 0 Å². The van der Waals surface area contributed by atoms with Crippen LogP contribution >= 0.6 is 0 Å². The second-order valence-corrected chi connectivity index (χ2v) is 2.55. The highest BCUT2D eigenvalue weighted by Crippen LogP contribution is 2.06. The van der Waals surface area contributed by atoms with Crippen molar-refractivity contribution < 1.29 is 14.7 Å². The number of aromatic nitrogens is 2. The number of nitrogens with one attached hydrogen (secondary N) is 1. The molecule has 0 atom stereocenters. The predicted octanol–water partition coefficient (Wildman–Crippen LogP) is 0.0767. The maximum absolute atomic E-state index is 10.6. The number of amides is 1. The summed E-state index contributed by atoms with van der Waals surface area (Å²) in [5, 5.41) is 11.0. The average molecular weight is 183 g/mol. The Morgan fingerprint density at radius 1 is 1.62 bits per heavy atom. The summed E-state index contributed by atoms with van der Waals surface area (Å²) in [7, 11) is 1.54. The lowest BCUT2D eigenvalue weighted by Crippen LogP contribution is -2.07. The third-order valence-corrected chi connectivity index (χ3v) is 1.37. The Balaban J connectivity index is 2.95. The lowest BCUT2D eigenvalue weighted by Gasteiger charge is -1.92. The summed E-state index contributed by atoms with van der Waals surface area (Å²) in [5.74, 6) is -1.27. The van der Waals surface area contributed by atoms with Crippen molar-refractivity contribution in [3.05, 3.63) is 12.0 Å². The van der Waals surface area contributed by atoms with Gasteiger partial charge in [-0.1, -0.05) is 0 Å². The highest BCUT2D eigenvalue weighted by molar-refractivity contribution is 5.89. The highest BCUT2D eigenvalue weighted by atomic mass is 16.4. The third-order valence-electron chi connectivity index (χ3n) is 1.37. The van der Waals surface area contributed by atoms with E-state index in [-0.39, 0.29) is 17.5 Å². The van der Waals surface area contributed by atoms with Crippen LogP contribution in [0.2, 0.25) is 0 Å². The molecule has 0 aliphatic heterocycles. The molecular formula is C7H9N3O3. The van der Waals surface area contributed by atoms with E-state index >= 15 is 0 Å². The number of aryl methyl sites for hydroxylation is 1. The number of carboxylic acids is 1. The first kappa shape index (κ1) is 9.24. The van der Waals surface area contributed by atoms with Crippen LogP contribution in [0.5, 0.6) is 0 Å². The van der Waals surface area contributed by atoms with Gasteiger partial charge in [0.1, 0.15) is 0 Å². The van der Waals surface area contributed by atoms with Gasteiger partial charge >= 0.3 is 5.97 Å². The molecule has 2 N–H and O–H groups in total. The van der Waals surface area contributed by atoms with E-state index < -0.39 is 5.97 Å². The monoisotopic (exact) mass is 183 g/mol. The van der Waals surface area contributed by atoms with E-state index in [1.807, 2.05) is 0 Å². The fraction of sp³-hybridized carbons (Fsp3) is 0.286. The van der Waals surface area contributed by atoms with Gasteiger partial charge in [-0.2, -0.15) is 0 Å². The molecule has 0 saturated carbocycles. The van der Waals surface area contributed by atoms with Crippen molar-refractivity contribution in [2.45, 2.75) is 6.92 Å². The Morgan fingerprint density at radius 2 is 2.23 bits per heavy atom. The Kier molecular flexibility index (Phi) is 2.32. The second kappa shape index (κ2) is 3.26. The van der Waals surface area contributed by atoms with Gasteiger partial charge in [-0.15, -0.1) is 0 Å². The first-order valence-electron chi connectivity index (χ1n) is 3.55. The maximum Gasteiger partial charge on any atom is 0.372 e. The molecule has 1 heterocycles. The van der Waals surface area contributed by atoms with Crippen molar-refractivity contribution in [3.8, 4) is 0 Å². The number of imidazole rings is 1. The molecule has 0 bridgehead atoms. The van der Waals surface area contributed by atoms with Crippen LogP contribution in [0.25, 0.3) is 0 Å². The fourth-order valence-corrected chi connectivity index (χ4v) is 0.906. The molecule has 0 unspecified atom stereocenters. The van der Waals surface area contributed by atoms with Gasteiger partial charge in [-0.25, -0.2) is 9.78 Å². The van der Waals surface area contributed by atoms with Crippen LogP contribution in [0.3, 0.4) is 0 Å². The standard InChI is InChI=1S/C7H9N3O3/c1-4(11)8-5-3-10(2)6(9-5)7(12)13/h3H,1-2H3,(H,8,11)(H,12,13). The minimum Gasteiger partial charge on any atom is -0.475 e. The van der Waals surface area contributed by atoms with Crippen molar-refractivity contribution in [1.82, 2.24) is 9.55 Å². The van der Waals surface area contributed by atoms with E-state index in [9.17, 15) is 9.59 Å². The molecule has 1 aromatic rings. The van der Waals surface area contributed by atoms with E-state index in [0.717, 1.165) is 0 Å². The number of rotatable bonds is 2. The van der Waals surface area contributed by atoms with Gasteiger partial charge in [-0.3, -0.25) is 4.79 Å². The van der Waals surface area contributed by atoms with Crippen LogP contribution in [0.4, 0.5) is 5.82 Å². The zero-order chi connectivity index (χ0) is 10.0. The number of nitrogens with zero attached hydrogens (tertiary/aromatic N) is 2. The summed E-state index contributed by atoms with van der Waals surface area (Å²) < 4.78 is 1.33. The minimum atomic E-state index is -1.13. The van der Waals surface area contributed by atoms with E-state index in [1.165, 1.54) is 17.7 Å². The van der Waals surface area contributed by atoms with Gasteiger partial charge in [-0.05, 0) is 0 Å². The van der Waals surface area contributed by atoms with Crippen LogP contribution in [-0.4, -0.2) is 26.5 Å². The van der Waals surface area contributed by atoms with Crippen LogP contribution in [-0.2, 0) is 11.8 Å². The maximum atomic E-state index is 10.6. The average Bonchev–Trinajstić information content (AvgIpc) is 2.29. The van der Waals surface area contributed by atoms with Crippen LogP contribution in [0.1, 0.15) is 17.5 Å². The Labute approximate surface area is 74.2 Å². The molecule has 13 heavy (non-hydrogen) atoms. The van der Waals surface area contributed by atoms with E-state index in [2.05, 4.69) is 10.3 Å². The normalized spacial score (nSPS) is 9.69. The van der Waals surface area contributed by atoms with Gasteiger partial charge in [0, 0.05) is 20.2 Å². The smallest absolute Gasteiger partial charge is 0.372 e. The van der Waals surface area contributed by atoms with Crippen molar-refractivity contribution in [3.63, 3.8) is 0 Å². The van der Waals surface area contributed by atoms with Gasteiger partial charge in [0.15, 0.2) is 5.82 Å². The van der Waals surface area contributed by atoms with E-state index in [1.54, 1.807) is 7.05 Å². The fourth-order valence-electron chi connectivity index (χ4n) is 0.906. The summed E-state index contributed by atoms with van der Waals surface area (Å²) in [6, 6.07) is 0. The topological polar surface area (TPSA) is 84.2 Å². The molecule has 1 aromatic heterocycles. The summed E-state index contributed by atoms with van der Waals surface area (Å²) in [4.78, 5) is 24.8. The molecular weight excluding hydrogens is 174 g/mol. The molecule has 1 amide bonds. The lowest BCUT2D eigenvalue weighted by atomic mass is 10.6. The van der Waals surface area contributed by atoms with Crippen molar-refractivity contribution >= 4 is 17.7 Å². The Morgan fingerprint density at radius 3 is 2.62 bits per heavy atom. The zero-order valence-electron chi connectivity index (χ0n) is 7.24. The number of carbonyl (C=O) groups is 2. The van der Waals surface area contributed by atoms with Crippen LogP contribution in [0, 0.1) is 0 Å². The summed E-state index contributed by atoms with van der Waals surface area (Å²) in [6.45, 7) is 1.33. The molecule has 0 aromatic carbocycles. The SMILES string of the molecule is CC(=O)Nc1cn(C)c(C(=O)O)n1. The molecule has 0 aliphatic carbocycles. The quantitative estimate of drug-likeness (QED) is 0.679. The Bertz CT molecular complexity index is 356. The first-order chi connectivity index (χ1) is 6.00. The molecule has 0 spiro atoms. The number of carbonyl (C=O) groups excluding carboxylic acids is 1. The highest BCUT2D eigenvalue weighted by Gasteiger charge is 2.12. The van der Waals surface area contributed by atoms with Crippen LogP contribution in [0.15, 0.2) is 6.20 Å². The molecule has 6 heteroatoms. The summed E-state index contributed by atoms with van der Waals surface area (Å²) in [5.41, 5.74) is 0. The molecule has 1 rings (SSSR count). The van der Waals surface area contributed by atoms with E-state index in [0.29, 0.717) is 0 Å². The molecule has 0 aliphatic rings. The molecule has 70 valence electrons. The number of carboxylic acid groups (broad SMARTS) is 1. The van der Waals surface area contributed by atoms with Gasteiger partial charge < -0.3 is 15.0 Å². The molecule has 0 radical (unpaired) electrons. The summed E-state index contributed by atoms with van der Waals surface area (Å²) >= 11 is 0. The zero-order valence-corrected chi connectivity index (χ0v) is 7.24. The number of anilines is 1. The van der Waals surface area contributed by atoms with Gasteiger partial charge in [0.05, 0.1) is 0 Å². The molecule has 0 saturated heterocycles. The molecule has 0 fully saturated rings. The number of aromatic carboxylic acids is 1.